The van der Waals surface area contributed by atoms with Crippen molar-refractivity contribution in [1.29, 1.82) is 0 Å². The van der Waals surface area contributed by atoms with Gasteiger partial charge in [-0.05, 0) is 71.8 Å². The summed E-state index contributed by atoms with van der Waals surface area (Å²) in [6, 6.07) is 12.4. The number of pyridine rings is 1. The van der Waals surface area contributed by atoms with E-state index in [0.29, 0.717) is 22.0 Å². The average Bonchev–Trinajstić information content (AvgIpc) is 3.75. The van der Waals surface area contributed by atoms with Gasteiger partial charge < -0.3 is 5.32 Å². The number of hydrogen-bond acceptors (Lipinski definition) is 8. The lowest BCUT2D eigenvalue weighted by Gasteiger charge is -2.24. The molecule has 9 rings (SSSR count). The van der Waals surface area contributed by atoms with Crippen molar-refractivity contribution < 1.29 is 39.6 Å². The van der Waals surface area contributed by atoms with Crippen molar-refractivity contribution in [3.63, 3.8) is 0 Å². The van der Waals surface area contributed by atoms with Gasteiger partial charge in [0, 0.05) is 42.8 Å². The standard InChI is InChI=1S/C43H36ClF6N9O4S/c1-19(2)24-6-5-11-51-35(24)21-7-8-25-29(15-21)53-41(59(42(25)61)31-10-9-28(44)34-37(31)57(3)55-40(34)56-64(4,62)63)30(14-20-12-22(45)16-23(46)13-20)52-32(60)18-58-38-33(36(54-58)39(47)48)26-17-27(26)43(38,49)50/h5-13,15-16,19,26-27,30,39H,14,17-18H2,1-4H3,(H,52,60)(H,55,56)/t26-,27+,30-/m0/s1. The van der Waals surface area contributed by atoms with E-state index in [1.807, 2.05) is 19.9 Å². The highest BCUT2D eigenvalue weighted by Crippen LogP contribution is 2.68. The normalized spacial score (nSPS) is 17.0. The number of nitrogens with zero attached hydrogens (tertiary/aromatic N) is 7. The Kier molecular flexibility index (Phi) is 10.4. The van der Waals surface area contributed by atoms with Gasteiger partial charge in [-0.1, -0.05) is 37.6 Å². The first kappa shape index (κ1) is 43.0. The van der Waals surface area contributed by atoms with Crippen LogP contribution < -0.4 is 15.6 Å². The Bertz CT molecular complexity index is 3240. The minimum atomic E-state index is -3.91. The Hall–Kier alpha value is -6.28. The van der Waals surface area contributed by atoms with Crippen LogP contribution >= 0.6 is 11.6 Å². The number of aryl methyl sites for hydroxylation is 1. The van der Waals surface area contributed by atoms with Gasteiger partial charge in [-0.3, -0.25) is 33.2 Å². The Morgan fingerprint density at radius 1 is 1.03 bits per heavy atom. The minimum absolute atomic E-state index is 0.00366. The number of alkyl halides is 4. The van der Waals surface area contributed by atoms with E-state index in [2.05, 4.69) is 25.2 Å². The van der Waals surface area contributed by atoms with Crippen LogP contribution in [0, 0.1) is 17.6 Å². The molecule has 2 aliphatic rings. The highest BCUT2D eigenvalue weighted by molar-refractivity contribution is 7.92. The van der Waals surface area contributed by atoms with Crippen LogP contribution in [0.1, 0.15) is 78.5 Å². The van der Waals surface area contributed by atoms with Gasteiger partial charge in [0.05, 0.1) is 50.5 Å². The summed E-state index contributed by atoms with van der Waals surface area (Å²) in [6.45, 7) is 2.99. The van der Waals surface area contributed by atoms with Gasteiger partial charge in [0.25, 0.3) is 17.9 Å². The van der Waals surface area contributed by atoms with Crippen LogP contribution in [0.5, 0.6) is 0 Å². The Morgan fingerprint density at radius 2 is 1.77 bits per heavy atom. The number of rotatable bonds is 12. The van der Waals surface area contributed by atoms with E-state index in [9.17, 15) is 30.8 Å². The van der Waals surface area contributed by atoms with Crippen molar-refractivity contribution in [2.45, 2.75) is 63.5 Å². The Morgan fingerprint density at radius 3 is 2.45 bits per heavy atom. The van der Waals surface area contributed by atoms with Crippen molar-refractivity contribution in [3.05, 3.63) is 128 Å². The van der Waals surface area contributed by atoms with Crippen LogP contribution in [0.2, 0.25) is 5.02 Å². The molecule has 332 valence electrons. The van der Waals surface area contributed by atoms with Gasteiger partial charge in [-0.2, -0.15) is 19.0 Å². The van der Waals surface area contributed by atoms with E-state index >= 15 is 13.6 Å². The van der Waals surface area contributed by atoms with Gasteiger partial charge >= 0.3 is 0 Å². The topological polar surface area (TPSA) is 159 Å². The van der Waals surface area contributed by atoms with Gasteiger partial charge in [-0.15, -0.1) is 0 Å². The second kappa shape index (κ2) is 15.5. The van der Waals surface area contributed by atoms with Crippen LogP contribution in [-0.4, -0.2) is 54.7 Å². The summed E-state index contributed by atoms with van der Waals surface area (Å²) in [4.78, 5) is 38.9. The molecular formula is C43H36ClF6N9O4S. The predicted octanol–water partition coefficient (Wildman–Crippen LogP) is 8.20. The van der Waals surface area contributed by atoms with E-state index in [1.165, 1.54) is 29.9 Å². The van der Waals surface area contributed by atoms with E-state index in [-0.39, 0.29) is 67.6 Å². The number of fused-ring (bicyclic) bond motifs is 5. The molecule has 7 aromatic rings. The largest absolute Gasteiger partial charge is 0.344 e. The van der Waals surface area contributed by atoms with Crippen LogP contribution in [0.15, 0.2) is 71.7 Å². The molecule has 2 aliphatic carbocycles. The summed E-state index contributed by atoms with van der Waals surface area (Å²) in [7, 11) is -2.45. The van der Waals surface area contributed by atoms with Crippen LogP contribution in [0.4, 0.5) is 32.2 Å². The van der Waals surface area contributed by atoms with Crippen molar-refractivity contribution in [2.24, 2.45) is 13.0 Å². The maximum absolute atomic E-state index is 15.6. The van der Waals surface area contributed by atoms with Gasteiger partial charge in [-0.25, -0.2) is 31.0 Å². The smallest absolute Gasteiger partial charge is 0.293 e. The second-order valence-electron chi connectivity index (χ2n) is 16.4. The lowest BCUT2D eigenvalue weighted by molar-refractivity contribution is -0.123. The molecule has 3 atom stereocenters. The van der Waals surface area contributed by atoms with Crippen molar-refractivity contribution >= 4 is 55.2 Å². The monoisotopic (exact) mass is 923 g/mol. The average molecular weight is 924 g/mol. The number of sulfonamides is 1. The third-order valence-electron chi connectivity index (χ3n) is 11.5. The molecule has 0 spiro atoms. The highest BCUT2D eigenvalue weighted by atomic mass is 35.5. The number of anilines is 1. The summed E-state index contributed by atoms with van der Waals surface area (Å²) < 4.78 is 119. The summed E-state index contributed by atoms with van der Waals surface area (Å²) in [6.07, 6.45) is -1.15. The van der Waals surface area contributed by atoms with E-state index in [1.54, 1.807) is 24.4 Å². The first-order valence-electron chi connectivity index (χ1n) is 19.9. The zero-order chi connectivity index (χ0) is 45.7. The summed E-state index contributed by atoms with van der Waals surface area (Å²) in [5, 5.41) is 10.9. The van der Waals surface area contributed by atoms with Crippen molar-refractivity contribution in [1.82, 2.24) is 39.4 Å². The molecule has 1 saturated carbocycles. The maximum Gasteiger partial charge on any atom is 0.293 e. The van der Waals surface area contributed by atoms with E-state index < -0.39 is 87.7 Å². The van der Waals surface area contributed by atoms with Crippen molar-refractivity contribution in [3.8, 4) is 16.9 Å². The molecule has 0 bridgehead atoms. The third kappa shape index (κ3) is 7.44. The SMILES string of the molecule is CC(C)c1cccnc1-c1ccc2c(=O)n(-c3ccc(Cl)c4c(NS(C)(=O)=O)nn(C)c34)c([C@H](Cc3cc(F)cc(F)c3)NC(=O)Cn3nc(C(F)F)c4c3C(F)(F)[C@@H]3C[C@H]43)nc2c1. The Labute approximate surface area is 365 Å². The number of nitrogens with one attached hydrogen (secondary N) is 2. The molecule has 64 heavy (non-hydrogen) atoms. The quantitative estimate of drug-likeness (QED) is 0.116. The lowest BCUT2D eigenvalue weighted by Crippen LogP contribution is -2.38. The highest BCUT2D eigenvalue weighted by Gasteiger charge is 2.67. The van der Waals surface area contributed by atoms with Crippen LogP contribution in [-0.2, 0) is 40.8 Å². The van der Waals surface area contributed by atoms with E-state index in [4.69, 9.17) is 16.6 Å². The number of halogens is 7. The predicted molar refractivity (Wildman–Crippen MR) is 225 cm³/mol. The molecule has 13 nitrogen and oxygen atoms in total. The van der Waals surface area contributed by atoms with E-state index in [0.717, 1.165) is 28.5 Å². The molecule has 0 radical (unpaired) electrons. The summed E-state index contributed by atoms with van der Waals surface area (Å²) >= 11 is 6.65. The first-order chi connectivity index (χ1) is 30.2. The molecule has 21 heteroatoms. The lowest BCUT2D eigenvalue weighted by atomic mass is 9.96. The molecule has 2 N–H and O–H groups in total. The Balaban J connectivity index is 1.27. The minimum Gasteiger partial charge on any atom is -0.344 e. The molecule has 4 heterocycles. The van der Waals surface area contributed by atoms with Gasteiger partial charge in [0.1, 0.15) is 35.4 Å². The summed E-state index contributed by atoms with van der Waals surface area (Å²) in [5.74, 6) is -8.97. The number of hydrogen-bond donors (Lipinski definition) is 2. The summed E-state index contributed by atoms with van der Waals surface area (Å²) in [5.41, 5.74) is -0.392. The fourth-order valence-corrected chi connectivity index (χ4v) is 9.59. The number of carbonyl (C=O) groups is 1. The molecule has 4 aromatic heterocycles. The molecule has 0 saturated heterocycles. The number of carbonyl (C=O) groups excluding carboxylic acids is 1. The molecule has 0 aliphatic heterocycles. The second-order valence-corrected chi connectivity index (χ2v) is 18.5. The molecular weight excluding hydrogens is 888 g/mol. The van der Waals surface area contributed by atoms with Crippen LogP contribution in [0.25, 0.3) is 38.8 Å². The molecule has 1 amide bonds. The van der Waals surface area contributed by atoms with Gasteiger partial charge in [0.15, 0.2) is 5.82 Å². The first-order valence-corrected chi connectivity index (χ1v) is 22.2. The number of aromatic nitrogens is 7. The zero-order valence-corrected chi connectivity index (χ0v) is 35.7. The van der Waals surface area contributed by atoms with Crippen LogP contribution in [0.3, 0.4) is 0 Å². The number of benzene rings is 3. The molecule has 0 unspecified atom stereocenters. The zero-order valence-electron chi connectivity index (χ0n) is 34.2. The fourth-order valence-electron chi connectivity index (χ4n) is 8.85. The third-order valence-corrected chi connectivity index (χ3v) is 12.4. The molecule has 1 fully saturated rings. The van der Waals surface area contributed by atoms with Gasteiger partial charge in [0.2, 0.25) is 15.9 Å². The molecule has 3 aromatic carbocycles. The number of amides is 1. The fraction of sp³-hybridized carbons (Fsp3) is 0.302. The maximum atomic E-state index is 15.6. The van der Waals surface area contributed by atoms with Crippen molar-refractivity contribution in [2.75, 3.05) is 11.0 Å².